The van der Waals surface area contributed by atoms with Crippen LogP contribution in [0.25, 0.3) is 11.4 Å². The molecule has 5 rings (SSSR count). The zero-order chi connectivity index (χ0) is 22.8. The first-order valence-corrected chi connectivity index (χ1v) is 11.9. The molecule has 1 aliphatic heterocycles. The van der Waals surface area contributed by atoms with Gasteiger partial charge in [0, 0.05) is 11.3 Å². The Bertz CT molecular complexity index is 1270. The normalized spacial score (nSPS) is 17.2. The molecule has 0 aliphatic carbocycles. The van der Waals surface area contributed by atoms with Crippen molar-refractivity contribution in [2.75, 3.05) is 10.7 Å². The molecule has 0 spiro atoms. The average Bonchev–Trinajstić information content (AvgIpc) is 3.28. The molecular formula is C26H25N5OS. The lowest BCUT2D eigenvalue weighted by Crippen LogP contribution is -2.41. The SMILES string of the molecule is CCc1cccc(C)c1NC(=O)[C@@H]1Sc2nnc(-c3ccccc3)n2N[C@H]1c1ccccc1. The van der Waals surface area contributed by atoms with Crippen molar-refractivity contribution in [3.05, 3.63) is 95.6 Å². The fraction of sp³-hybridized carbons (Fsp3) is 0.192. The van der Waals surface area contributed by atoms with Crippen molar-refractivity contribution >= 4 is 23.4 Å². The van der Waals surface area contributed by atoms with E-state index in [4.69, 9.17) is 0 Å². The lowest BCUT2D eigenvalue weighted by atomic mass is 10.0. The van der Waals surface area contributed by atoms with Crippen molar-refractivity contribution in [3.63, 3.8) is 0 Å². The van der Waals surface area contributed by atoms with Crippen molar-refractivity contribution in [2.45, 2.75) is 36.7 Å². The molecule has 0 radical (unpaired) electrons. The van der Waals surface area contributed by atoms with Gasteiger partial charge in [-0.3, -0.25) is 4.79 Å². The standard InChI is InChI=1S/C26H25N5OS/c1-3-18-16-10-11-17(2)21(18)27-25(32)23-22(19-12-6-4-7-13-19)30-31-24(28-29-26(31)33-23)20-14-8-5-9-15-20/h4-16,22-23,30H,3H2,1-2H3,(H,27,32)/t22-,23+/m0/s1. The summed E-state index contributed by atoms with van der Waals surface area (Å²) in [6.07, 6.45) is 0.851. The monoisotopic (exact) mass is 455 g/mol. The van der Waals surface area contributed by atoms with E-state index in [0.29, 0.717) is 5.16 Å². The summed E-state index contributed by atoms with van der Waals surface area (Å²) in [6, 6.07) is 25.9. The van der Waals surface area contributed by atoms with Gasteiger partial charge in [0.25, 0.3) is 0 Å². The zero-order valence-electron chi connectivity index (χ0n) is 18.5. The molecule has 1 aromatic heterocycles. The number of aromatic nitrogens is 3. The Morgan fingerprint density at radius 1 is 1.00 bits per heavy atom. The molecule has 6 nitrogen and oxygen atoms in total. The van der Waals surface area contributed by atoms with Crippen LogP contribution in [0.5, 0.6) is 0 Å². The van der Waals surface area contributed by atoms with Gasteiger partial charge in [-0.25, -0.2) is 4.68 Å². The molecule has 0 saturated carbocycles. The van der Waals surface area contributed by atoms with Crippen molar-refractivity contribution in [2.24, 2.45) is 0 Å². The third-order valence-electron chi connectivity index (χ3n) is 5.87. The van der Waals surface area contributed by atoms with Gasteiger partial charge >= 0.3 is 0 Å². The summed E-state index contributed by atoms with van der Waals surface area (Å²) >= 11 is 1.44. The van der Waals surface area contributed by atoms with E-state index >= 15 is 0 Å². The van der Waals surface area contributed by atoms with Crippen molar-refractivity contribution in [1.29, 1.82) is 0 Å². The minimum atomic E-state index is -0.419. The highest BCUT2D eigenvalue weighted by atomic mass is 32.2. The van der Waals surface area contributed by atoms with E-state index in [1.54, 1.807) is 0 Å². The van der Waals surface area contributed by atoms with Gasteiger partial charge in [-0.2, -0.15) is 0 Å². The molecule has 3 aromatic carbocycles. The molecule has 1 amide bonds. The Morgan fingerprint density at radius 3 is 2.45 bits per heavy atom. The number of hydrogen-bond donors (Lipinski definition) is 2. The smallest absolute Gasteiger partial charge is 0.240 e. The van der Waals surface area contributed by atoms with Gasteiger partial charge in [-0.1, -0.05) is 97.5 Å². The summed E-state index contributed by atoms with van der Waals surface area (Å²) in [6.45, 7) is 4.13. The first-order valence-electron chi connectivity index (χ1n) is 11.0. The number of benzene rings is 3. The predicted molar refractivity (Wildman–Crippen MR) is 133 cm³/mol. The topological polar surface area (TPSA) is 71.8 Å². The molecule has 7 heteroatoms. The number of aryl methyl sites for hydroxylation is 2. The molecule has 0 fully saturated rings. The Hall–Kier alpha value is -3.58. The summed E-state index contributed by atoms with van der Waals surface area (Å²) < 4.78 is 1.90. The van der Waals surface area contributed by atoms with Gasteiger partial charge in [-0.05, 0) is 30.0 Å². The van der Waals surface area contributed by atoms with Crippen LogP contribution in [0.4, 0.5) is 5.69 Å². The number of thioether (sulfide) groups is 1. The molecule has 2 heterocycles. The van der Waals surface area contributed by atoms with Crippen LogP contribution in [-0.4, -0.2) is 26.0 Å². The highest BCUT2D eigenvalue weighted by Gasteiger charge is 2.38. The van der Waals surface area contributed by atoms with Crippen molar-refractivity contribution in [3.8, 4) is 11.4 Å². The maximum Gasteiger partial charge on any atom is 0.240 e. The van der Waals surface area contributed by atoms with Crippen LogP contribution < -0.4 is 10.7 Å². The molecule has 0 bridgehead atoms. The van der Waals surface area contributed by atoms with E-state index in [0.717, 1.165) is 40.2 Å². The fourth-order valence-electron chi connectivity index (χ4n) is 4.14. The molecule has 33 heavy (non-hydrogen) atoms. The minimum absolute atomic E-state index is 0.0548. The average molecular weight is 456 g/mol. The van der Waals surface area contributed by atoms with Crippen LogP contribution in [0, 0.1) is 6.92 Å². The Kier molecular flexibility index (Phi) is 5.88. The summed E-state index contributed by atoms with van der Waals surface area (Å²) in [7, 11) is 0. The summed E-state index contributed by atoms with van der Waals surface area (Å²) in [4.78, 5) is 13.6. The number of hydrogen-bond acceptors (Lipinski definition) is 5. The number of carbonyl (C=O) groups excluding carboxylic acids is 1. The van der Waals surface area contributed by atoms with Gasteiger partial charge in [-0.15, -0.1) is 10.2 Å². The maximum atomic E-state index is 13.6. The van der Waals surface area contributed by atoms with Gasteiger partial charge in [0.1, 0.15) is 5.25 Å². The number of anilines is 1. The van der Waals surface area contributed by atoms with E-state index in [1.165, 1.54) is 11.8 Å². The number of rotatable bonds is 5. The minimum Gasteiger partial charge on any atom is -0.325 e. The lowest BCUT2D eigenvalue weighted by molar-refractivity contribution is -0.116. The Labute approximate surface area is 197 Å². The number of amides is 1. The first-order chi connectivity index (χ1) is 16.2. The summed E-state index contributed by atoms with van der Waals surface area (Å²) in [5, 5.41) is 12.3. The number of para-hydroxylation sites is 1. The molecule has 2 atom stereocenters. The van der Waals surface area contributed by atoms with Crippen LogP contribution in [0.3, 0.4) is 0 Å². The molecule has 0 saturated heterocycles. The first kappa shape index (κ1) is 21.3. The molecular weight excluding hydrogens is 430 g/mol. The van der Waals surface area contributed by atoms with Gasteiger partial charge in [0.05, 0.1) is 6.04 Å². The largest absolute Gasteiger partial charge is 0.325 e. The lowest BCUT2D eigenvalue weighted by Gasteiger charge is -2.33. The number of nitrogens with one attached hydrogen (secondary N) is 2. The quantitative estimate of drug-likeness (QED) is 0.432. The molecule has 2 N–H and O–H groups in total. The molecule has 4 aromatic rings. The fourth-order valence-corrected chi connectivity index (χ4v) is 5.22. The van der Waals surface area contributed by atoms with Crippen LogP contribution in [0.15, 0.2) is 84.0 Å². The third-order valence-corrected chi connectivity index (χ3v) is 7.09. The summed E-state index contributed by atoms with van der Waals surface area (Å²) in [5.74, 6) is 0.672. The van der Waals surface area contributed by atoms with Gasteiger partial charge in [0.15, 0.2) is 5.82 Å². The zero-order valence-corrected chi connectivity index (χ0v) is 19.3. The Balaban J connectivity index is 1.52. The van der Waals surface area contributed by atoms with Crippen LogP contribution in [0.1, 0.15) is 29.7 Å². The van der Waals surface area contributed by atoms with Crippen molar-refractivity contribution in [1.82, 2.24) is 14.9 Å². The van der Waals surface area contributed by atoms with E-state index in [1.807, 2.05) is 84.4 Å². The van der Waals surface area contributed by atoms with Crippen molar-refractivity contribution < 1.29 is 4.79 Å². The van der Waals surface area contributed by atoms with E-state index < -0.39 is 5.25 Å². The van der Waals surface area contributed by atoms with Gasteiger partial charge < -0.3 is 10.7 Å². The van der Waals surface area contributed by atoms with Gasteiger partial charge in [0.2, 0.25) is 11.1 Å². The van der Waals surface area contributed by atoms with E-state index in [2.05, 4.69) is 33.9 Å². The van der Waals surface area contributed by atoms with Crippen LogP contribution in [-0.2, 0) is 11.2 Å². The second kappa shape index (κ2) is 9.11. The van der Waals surface area contributed by atoms with Crippen LogP contribution in [0.2, 0.25) is 0 Å². The highest BCUT2D eigenvalue weighted by Crippen LogP contribution is 2.39. The number of nitrogens with zero attached hydrogens (tertiary/aromatic N) is 3. The molecule has 1 aliphatic rings. The molecule has 166 valence electrons. The third kappa shape index (κ3) is 4.12. The van der Waals surface area contributed by atoms with Crippen LogP contribution >= 0.6 is 11.8 Å². The summed E-state index contributed by atoms with van der Waals surface area (Å²) in [5.41, 5.74) is 8.61. The maximum absolute atomic E-state index is 13.6. The second-order valence-electron chi connectivity index (χ2n) is 8.02. The Morgan fingerprint density at radius 2 is 1.73 bits per heavy atom. The number of carbonyl (C=O) groups is 1. The second-order valence-corrected chi connectivity index (χ2v) is 9.12. The number of fused-ring (bicyclic) bond motifs is 1. The predicted octanol–water partition coefficient (Wildman–Crippen LogP) is 5.21. The van der Waals surface area contributed by atoms with E-state index in [9.17, 15) is 4.79 Å². The molecule has 0 unspecified atom stereocenters. The van der Waals surface area contributed by atoms with E-state index in [-0.39, 0.29) is 11.9 Å². The highest BCUT2D eigenvalue weighted by molar-refractivity contribution is 8.00.